The fraction of sp³-hybridized carbons (Fsp3) is 0.500. The van der Waals surface area contributed by atoms with E-state index < -0.39 is 17.0 Å². The number of ketones is 2. The van der Waals surface area contributed by atoms with Crippen molar-refractivity contribution >= 4 is 11.6 Å². The topological polar surface area (TPSA) is 104 Å². The lowest BCUT2D eigenvalue weighted by Crippen LogP contribution is -2.34. The molecule has 1 aromatic rings. The number of rotatable bonds is 13. The van der Waals surface area contributed by atoms with E-state index in [0.717, 1.165) is 28.0 Å². The molecule has 1 atom stereocenters. The highest BCUT2D eigenvalue weighted by Crippen LogP contribution is 2.29. The van der Waals surface area contributed by atoms with Crippen molar-refractivity contribution in [3.05, 3.63) is 58.7 Å². The van der Waals surface area contributed by atoms with E-state index in [0.29, 0.717) is 19.3 Å². The van der Waals surface area contributed by atoms with Crippen molar-refractivity contribution in [2.24, 2.45) is 0 Å². The molecule has 0 radical (unpaired) electrons. The Bertz CT molecular complexity index is 958. The third kappa shape index (κ3) is 10.5. The first kappa shape index (κ1) is 29.3. The Hall–Kier alpha value is -2.70. The van der Waals surface area contributed by atoms with Gasteiger partial charge in [-0.1, -0.05) is 23.3 Å². The number of hydrogen-bond donors (Lipinski definition) is 3. The van der Waals surface area contributed by atoms with Crippen LogP contribution >= 0.6 is 0 Å². The van der Waals surface area contributed by atoms with E-state index in [1.807, 2.05) is 26.8 Å². The number of aromatic hydroxyl groups is 1. The van der Waals surface area contributed by atoms with Crippen LogP contribution in [-0.2, 0) is 16.0 Å². The second kappa shape index (κ2) is 12.7. The van der Waals surface area contributed by atoms with Gasteiger partial charge in [0.2, 0.25) is 0 Å². The molecule has 6 nitrogen and oxygen atoms in total. The maximum absolute atomic E-state index is 12.4. The van der Waals surface area contributed by atoms with Crippen LogP contribution in [0.3, 0.4) is 0 Å². The predicted octanol–water partition coefficient (Wildman–Crippen LogP) is 4.92. The Morgan fingerprint density at radius 3 is 2.32 bits per heavy atom. The van der Waals surface area contributed by atoms with Gasteiger partial charge in [0.05, 0.1) is 12.7 Å². The number of hydrogen-bond acceptors (Lipinski definition) is 6. The molecule has 0 heterocycles. The van der Waals surface area contributed by atoms with E-state index in [9.17, 15) is 24.9 Å². The third-order valence-electron chi connectivity index (χ3n) is 5.48. The summed E-state index contributed by atoms with van der Waals surface area (Å²) in [4.78, 5) is 24.6. The van der Waals surface area contributed by atoms with Gasteiger partial charge in [-0.05, 0) is 97.1 Å². The molecule has 0 fully saturated rings. The molecule has 0 aromatic heterocycles. The van der Waals surface area contributed by atoms with Crippen molar-refractivity contribution in [2.75, 3.05) is 7.11 Å². The molecule has 34 heavy (non-hydrogen) atoms. The lowest BCUT2D eigenvalue weighted by Gasteiger charge is -2.20. The number of allylic oxidation sites excluding steroid dienone is 4. The van der Waals surface area contributed by atoms with Crippen LogP contribution in [0, 0.1) is 6.92 Å². The number of methoxy groups -OCH3 is 1. The predicted molar refractivity (Wildman–Crippen MR) is 135 cm³/mol. The number of benzene rings is 1. The Labute approximate surface area is 203 Å². The standard InChI is InChI=1S/C28H40O6/c1-19(9-8-13-28(6,33)25(31)12-14-27(4,5)32)15-23(29)16-20(2)10-11-22-18-24(30)17-21(3)26(22)34-7/h10,12,14-15,17-18,30,32-33H,8-9,11,13,16H2,1-7H3/b14-12+,19-15+,20-10+. The normalized spacial score (nSPS) is 14.9. The number of aliphatic hydroxyl groups is 2. The summed E-state index contributed by atoms with van der Waals surface area (Å²) >= 11 is 0. The molecule has 1 rings (SSSR count). The highest BCUT2D eigenvalue weighted by atomic mass is 16.5. The Morgan fingerprint density at radius 2 is 1.74 bits per heavy atom. The van der Waals surface area contributed by atoms with Crippen molar-refractivity contribution in [3.8, 4) is 11.5 Å². The highest BCUT2D eigenvalue weighted by Gasteiger charge is 2.27. The molecular formula is C28H40O6. The average molecular weight is 473 g/mol. The van der Waals surface area contributed by atoms with Crippen LogP contribution in [0.4, 0.5) is 0 Å². The minimum Gasteiger partial charge on any atom is -0.508 e. The molecule has 188 valence electrons. The summed E-state index contributed by atoms with van der Waals surface area (Å²) in [6.45, 7) is 10.2. The molecule has 3 N–H and O–H groups in total. The summed E-state index contributed by atoms with van der Waals surface area (Å²) in [7, 11) is 1.60. The van der Waals surface area contributed by atoms with E-state index >= 15 is 0 Å². The maximum atomic E-state index is 12.4. The van der Waals surface area contributed by atoms with Crippen LogP contribution in [0.2, 0.25) is 0 Å². The SMILES string of the molecule is COc1c(C)cc(O)cc1C/C=C(\C)CC(=O)/C=C(\C)CCCC(C)(O)C(=O)/C=C/C(C)(C)O. The molecule has 0 aliphatic rings. The van der Waals surface area contributed by atoms with Gasteiger partial charge < -0.3 is 20.1 Å². The van der Waals surface area contributed by atoms with Gasteiger partial charge in [0.15, 0.2) is 11.6 Å². The number of aryl methyl sites for hydroxylation is 1. The van der Waals surface area contributed by atoms with E-state index in [1.165, 1.54) is 19.1 Å². The summed E-state index contributed by atoms with van der Waals surface area (Å²) in [6, 6.07) is 3.32. The molecule has 0 saturated heterocycles. The van der Waals surface area contributed by atoms with Gasteiger partial charge in [-0.25, -0.2) is 0 Å². The van der Waals surface area contributed by atoms with Gasteiger partial charge in [-0.15, -0.1) is 0 Å². The van der Waals surface area contributed by atoms with Crippen LogP contribution < -0.4 is 4.74 Å². The fourth-order valence-corrected chi connectivity index (χ4v) is 3.59. The van der Waals surface area contributed by atoms with Crippen molar-refractivity contribution in [2.45, 2.75) is 84.8 Å². The first-order valence-electron chi connectivity index (χ1n) is 11.5. The maximum Gasteiger partial charge on any atom is 0.186 e. The number of carbonyl (C=O) groups excluding carboxylic acids is 2. The summed E-state index contributed by atoms with van der Waals surface area (Å²) < 4.78 is 5.43. The summed E-state index contributed by atoms with van der Waals surface area (Å²) in [5, 5.41) is 30.0. The first-order valence-corrected chi connectivity index (χ1v) is 11.5. The van der Waals surface area contributed by atoms with Crippen molar-refractivity contribution < 1.29 is 29.6 Å². The molecule has 0 aliphatic carbocycles. The Morgan fingerprint density at radius 1 is 1.09 bits per heavy atom. The van der Waals surface area contributed by atoms with Crippen LogP contribution in [0.25, 0.3) is 0 Å². The third-order valence-corrected chi connectivity index (χ3v) is 5.48. The minimum absolute atomic E-state index is 0.0127. The van der Waals surface area contributed by atoms with Gasteiger partial charge in [-0.3, -0.25) is 9.59 Å². The monoisotopic (exact) mass is 472 g/mol. The number of phenolic OH excluding ortho intramolecular Hbond substituents is 1. The summed E-state index contributed by atoms with van der Waals surface area (Å²) in [5.74, 6) is 0.449. The molecule has 0 aliphatic heterocycles. The van der Waals surface area contributed by atoms with Gasteiger partial charge in [-0.2, -0.15) is 0 Å². The zero-order valence-corrected chi connectivity index (χ0v) is 21.6. The van der Waals surface area contributed by atoms with E-state index in [-0.39, 0.29) is 24.4 Å². The minimum atomic E-state index is -1.52. The zero-order chi connectivity index (χ0) is 26.1. The Balaban J connectivity index is 2.62. The second-order valence-corrected chi connectivity index (χ2v) is 9.82. The highest BCUT2D eigenvalue weighted by molar-refractivity contribution is 5.96. The van der Waals surface area contributed by atoms with Crippen LogP contribution in [-0.4, -0.2) is 45.2 Å². The van der Waals surface area contributed by atoms with Gasteiger partial charge in [0.25, 0.3) is 0 Å². The van der Waals surface area contributed by atoms with E-state index in [1.54, 1.807) is 39.2 Å². The molecule has 0 spiro atoms. The van der Waals surface area contributed by atoms with Crippen molar-refractivity contribution in [1.29, 1.82) is 0 Å². The van der Waals surface area contributed by atoms with Gasteiger partial charge in [0, 0.05) is 12.0 Å². The van der Waals surface area contributed by atoms with Crippen molar-refractivity contribution in [3.63, 3.8) is 0 Å². The summed E-state index contributed by atoms with van der Waals surface area (Å²) in [6.07, 6.45) is 8.38. The molecular weight excluding hydrogens is 432 g/mol. The Kier molecular flexibility index (Phi) is 10.9. The first-order chi connectivity index (χ1) is 15.6. The largest absolute Gasteiger partial charge is 0.508 e. The van der Waals surface area contributed by atoms with E-state index in [4.69, 9.17) is 4.74 Å². The average Bonchev–Trinajstić information content (AvgIpc) is 2.69. The molecule has 0 bridgehead atoms. The quantitative estimate of drug-likeness (QED) is 0.278. The molecule has 1 unspecified atom stereocenters. The lowest BCUT2D eigenvalue weighted by molar-refractivity contribution is -0.131. The number of carbonyl (C=O) groups is 2. The van der Waals surface area contributed by atoms with Crippen LogP contribution in [0.5, 0.6) is 11.5 Å². The number of ether oxygens (including phenoxy) is 1. The number of phenols is 1. The zero-order valence-electron chi connectivity index (χ0n) is 21.6. The molecule has 1 aromatic carbocycles. The molecule has 0 saturated carbocycles. The molecule has 0 amide bonds. The van der Waals surface area contributed by atoms with Crippen molar-refractivity contribution in [1.82, 2.24) is 0 Å². The van der Waals surface area contributed by atoms with Gasteiger partial charge in [0.1, 0.15) is 17.1 Å². The van der Waals surface area contributed by atoms with E-state index in [2.05, 4.69) is 0 Å². The summed E-state index contributed by atoms with van der Waals surface area (Å²) in [5.41, 5.74) is 0.884. The van der Waals surface area contributed by atoms with Gasteiger partial charge >= 0.3 is 0 Å². The molecule has 6 heteroatoms. The smallest absolute Gasteiger partial charge is 0.186 e. The van der Waals surface area contributed by atoms with Crippen LogP contribution in [0.15, 0.2) is 47.6 Å². The van der Waals surface area contributed by atoms with Crippen LogP contribution in [0.1, 0.15) is 71.4 Å². The second-order valence-electron chi connectivity index (χ2n) is 9.82. The fourth-order valence-electron chi connectivity index (χ4n) is 3.59. The lowest BCUT2D eigenvalue weighted by atomic mass is 9.91.